The molecule has 0 saturated heterocycles. The van der Waals surface area contributed by atoms with Gasteiger partial charge in [0.25, 0.3) is 0 Å². The van der Waals surface area contributed by atoms with Crippen molar-refractivity contribution in [2.24, 2.45) is 0 Å². The van der Waals surface area contributed by atoms with Crippen LogP contribution in [0.25, 0.3) is 0 Å². The van der Waals surface area contributed by atoms with Crippen LogP contribution in [-0.4, -0.2) is 23.8 Å². The molecule has 19 heavy (non-hydrogen) atoms. The summed E-state index contributed by atoms with van der Waals surface area (Å²) < 4.78 is 6.09. The summed E-state index contributed by atoms with van der Waals surface area (Å²) in [5.41, 5.74) is 0.602. The third-order valence-electron chi connectivity index (χ3n) is 2.96. The van der Waals surface area contributed by atoms with Crippen molar-refractivity contribution in [1.82, 2.24) is 4.98 Å². The van der Waals surface area contributed by atoms with E-state index in [-0.39, 0.29) is 6.61 Å². The first-order valence-corrected chi connectivity index (χ1v) is 6.81. The lowest BCUT2D eigenvalue weighted by Crippen LogP contribution is -2.34. The fourth-order valence-corrected chi connectivity index (χ4v) is 2.27. The maximum Gasteiger partial charge on any atom is 0.118 e. The molecule has 2 aromatic rings. The van der Waals surface area contributed by atoms with Crippen molar-refractivity contribution in [3.05, 3.63) is 64.4 Å². The molecule has 0 radical (unpaired) electrons. The Hall–Kier alpha value is -1.23. The van der Waals surface area contributed by atoms with Crippen LogP contribution in [0.4, 0.5) is 0 Å². The molecule has 1 atom stereocenters. The van der Waals surface area contributed by atoms with E-state index in [2.05, 4.69) is 20.9 Å². The highest BCUT2D eigenvalue weighted by Gasteiger charge is 2.30. The van der Waals surface area contributed by atoms with Crippen molar-refractivity contribution in [3.63, 3.8) is 0 Å². The zero-order chi connectivity index (χ0) is 13.7. The smallest absolute Gasteiger partial charge is 0.118 e. The number of aliphatic hydroxyl groups is 1. The van der Waals surface area contributed by atoms with E-state index in [1.165, 1.54) is 0 Å². The highest BCUT2D eigenvalue weighted by atomic mass is 79.9. The third-order valence-corrected chi connectivity index (χ3v) is 3.43. The molecule has 0 aliphatic carbocycles. The molecule has 0 aliphatic rings. The lowest BCUT2D eigenvalue weighted by Gasteiger charge is -2.27. The number of pyridine rings is 1. The van der Waals surface area contributed by atoms with Gasteiger partial charge in [-0.25, -0.2) is 0 Å². The van der Waals surface area contributed by atoms with Gasteiger partial charge in [0.1, 0.15) is 5.60 Å². The van der Waals surface area contributed by atoms with Crippen LogP contribution in [0, 0.1) is 0 Å². The van der Waals surface area contributed by atoms with E-state index < -0.39 is 5.60 Å². The van der Waals surface area contributed by atoms with Crippen LogP contribution in [0.5, 0.6) is 0 Å². The molecule has 0 amide bonds. The van der Waals surface area contributed by atoms with Gasteiger partial charge in [0.15, 0.2) is 0 Å². The van der Waals surface area contributed by atoms with E-state index in [0.717, 1.165) is 15.7 Å². The van der Waals surface area contributed by atoms with Crippen LogP contribution in [0.3, 0.4) is 0 Å². The summed E-state index contributed by atoms with van der Waals surface area (Å²) in [4.78, 5) is 4.31. The molecule has 1 N–H and O–H groups in total. The van der Waals surface area contributed by atoms with Crippen LogP contribution >= 0.6 is 15.9 Å². The molecular formula is C15H16BrNO2. The molecular weight excluding hydrogens is 306 g/mol. The maximum absolute atomic E-state index is 10.8. The number of nitrogens with zero attached hydrogens (tertiary/aromatic N) is 1. The molecule has 0 saturated carbocycles. The van der Waals surface area contributed by atoms with Crippen molar-refractivity contribution in [2.45, 2.75) is 12.0 Å². The van der Waals surface area contributed by atoms with Gasteiger partial charge in [-0.15, -0.1) is 0 Å². The molecule has 2 rings (SSSR count). The van der Waals surface area contributed by atoms with Crippen molar-refractivity contribution >= 4 is 15.9 Å². The standard InChI is InChI=1S/C15H16BrNO2/c1-19-11-15(18,12-5-3-2-4-6-12)9-14-8-7-13(16)10-17-14/h2-8,10,18H,9,11H2,1H3. The van der Waals surface area contributed by atoms with Crippen LogP contribution < -0.4 is 0 Å². The van der Waals surface area contributed by atoms with Gasteiger partial charge in [-0.2, -0.15) is 0 Å². The van der Waals surface area contributed by atoms with Crippen molar-refractivity contribution in [1.29, 1.82) is 0 Å². The molecule has 1 unspecified atom stereocenters. The number of benzene rings is 1. The number of aromatic nitrogens is 1. The second-order valence-corrected chi connectivity index (χ2v) is 5.39. The van der Waals surface area contributed by atoms with Crippen LogP contribution in [-0.2, 0) is 16.8 Å². The number of hydrogen-bond donors (Lipinski definition) is 1. The van der Waals surface area contributed by atoms with Gasteiger partial charge in [-0.1, -0.05) is 30.3 Å². The second kappa shape index (κ2) is 6.28. The molecule has 3 nitrogen and oxygen atoms in total. The van der Waals surface area contributed by atoms with Crippen molar-refractivity contribution < 1.29 is 9.84 Å². The van der Waals surface area contributed by atoms with E-state index in [0.29, 0.717) is 6.42 Å². The van der Waals surface area contributed by atoms with E-state index in [9.17, 15) is 5.11 Å². The van der Waals surface area contributed by atoms with E-state index in [4.69, 9.17) is 4.74 Å². The lowest BCUT2D eigenvalue weighted by molar-refractivity contribution is -0.0361. The number of hydrogen-bond acceptors (Lipinski definition) is 3. The Morgan fingerprint density at radius 3 is 2.53 bits per heavy atom. The van der Waals surface area contributed by atoms with E-state index >= 15 is 0 Å². The SMILES string of the molecule is COCC(O)(Cc1ccc(Br)cn1)c1ccccc1. The first kappa shape index (κ1) is 14.2. The Balaban J connectivity index is 2.27. The Morgan fingerprint density at radius 2 is 1.95 bits per heavy atom. The van der Waals surface area contributed by atoms with Crippen LogP contribution in [0.2, 0.25) is 0 Å². The van der Waals surface area contributed by atoms with Gasteiger partial charge in [0, 0.05) is 29.9 Å². The summed E-state index contributed by atoms with van der Waals surface area (Å²) in [5.74, 6) is 0. The van der Waals surface area contributed by atoms with Gasteiger partial charge in [0.05, 0.1) is 6.61 Å². The summed E-state index contributed by atoms with van der Waals surface area (Å²) in [6, 6.07) is 13.4. The average molecular weight is 322 g/mol. The Bertz CT molecular complexity index is 515. The number of rotatable bonds is 5. The van der Waals surface area contributed by atoms with Gasteiger partial charge < -0.3 is 9.84 Å². The lowest BCUT2D eigenvalue weighted by atomic mass is 9.89. The topological polar surface area (TPSA) is 42.4 Å². The molecule has 0 spiro atoms. The minimum Gasteiger partial charge on any atom is -0.382 e. The molecule has 0 aliphatic heterocycles. The van der Waals surface area contributed by atoms with Gasteiger partial charge in [0.2, 0.25) is 0 Å². The fraction of sp³-hybridized carbons (Fsp3) is 0.267. The van der Waals surface area contributed by atoms with Crippen molar-refractivity contribution in [2.75, 3.05) is 13.7 Å². The molecule has 4 heteroatoms. The first-order valence-electron chi connectivity index (χ1n) is 6.01. The summed E-state index contributed by atoms with van der Waals surface area (Å²) in [5, 5.41) is 10.8. The Morgan fingerprint density at radius 1 is 1.21 bits per heavy atom. The van der Waals surface area contributed by atoms with Gasteiger partial charge in [-0.05, 0) is 33.6 Å². The molecule has 1 aromatic heterocycles. The summed E-state index contributed by atoms with van der Waals surface area (Å²) >= 11 is 3.35. The summed E-state index contributed by atoms with van der Waals surface area (Å²) in [7, 11) is 1.59. The minimum absolute atomic E-state index is 0.231. The molecule has 100 valence electrons. The van der Waals surface area contributed by atoms with Crippen LogP contribution in [0.1, 0.15) is 11.3 Å². The van der Waals surface area contributed by atoms with Gasteiger partial charge in [-0.3, -0.25) is 4.98 Å². The Kier molecular flexibility index (Phi) is 4.69. The molecule has 0 bridgehead atoms. The van der Waals surface area contributed by atoms with Crippen LogP contribution in [0.15, 0.2) is 53.1 Å². The quantitative estimate of drug-likeness (QED) is 0.920. The summed E-state index contributed by atoms with van der Waals surface area (Å²) in [6.45, 7) is 0.231. The monoisotopic (exact) mass is 321 g/mol. The molecule has 1 heterocycles. The zero-order valence-electron chi connectivity index (χ0n) is 10.7. The third kappa shape index (κ3) is 3.62. The minimum atomic E-state index is -1.06. The molecule has 1 aromatic carbocycles. The highest BCUT2D eigenvalue weighted by Crippen LogP contribution is 2.25. The average Bonchev–Trinajstić information content (AvgIpc) is 2.43. The number of halogens is 1. The maximum atomic E-state index is 10.8. The molecule has 0 fully saturated rings. The zero-order valence-corrected chi connectivity index (χ0v) is 12.3. The van der Waals surface area contributed by atoms with Crippen molar-refractivity contribution in [3.8, 4) is 0 Å². The van der Waals surface area contributed by atoms with Gasteiger partial charge >= 0.3 is 0 Å². The fourth-order valence-electron chi connectivity index (χ4n) is 2.03. The Labute approximate surface area is 121 Å². The summed E-state index contributed by atoms with van der Waals surface area (Å²) in [6.07, 6.45) is 2.14. The number of ether oxygens (including phenoxy) is 1. The highest BCUT2D eigenvalue weighted by molar-refractivity contribution is 9.10. The second-order valence-electron chi connectivity index (χ2n) is 4.48. The first-order chi connectivity index (χ1) is 9.14. The van der Waals surface area contributed by atoms with E-state index in [1.807, 2.05) is 42.5 Å². The predicted molar refractivity (Wildman–Crippen MR) is 77.9 cm³/mol. The predicted octanol–water partition coefficient (Wildman–Crippen LogP) is 2.92. The van der Waals surface area contributed by atoms with E-state index in [1.54, 1.807) is 13.3 Å². The number of methoxy groups -OCH3 is 1. The largest absolute Gasteiger partial charge is 0.382 e. The normalized spacial score (nSPS) is 14.1.